The number of piperazine rings is 1. The van der Waals surface area contributed by atoms with Crippen molar-refractivity contribution in [2.45, 2.75) is 66.8 Å². The van der Waals surface area contributed by atoms with Crippen LogP contribution in [-0.4, -0.2) is 101 Å². The maximum Gasteiger partial charge on any atom is 0.416 e. The first-order chi connectivity index (χ1) is 23.4. The predicted molar refractivity (Wildman–Crippen MR) is 179 cm³/mol. The second-order valence-electron chi connectivity index (χ2n) is 13.1. The Morgan fingerprint density at radius 3 is 2.08 bits per heavy atom. The molecule has 1 amide bonds. The topological polar surface area (TPSA) is 50.3 Å². The number of amides is 1. The van der Waals surface area contributed by atoms with E-state index < -0.39 is 35.0 Å². The third-order valence-electron chi connectivity index (χ3n) is 9.85. The number of hydrogen-bond donors (Lipinski definition) is 1. The Morgan fingerprint density at radius 2 is 1.45 bits per heavy atom. The standard InChI is InChI=1S/C35H40F6N4O2S2/c36-34(37,38)27-18-26(19-28(20-27)35(39,40)41)33(47)45-10-7-29(21-31(45)16-24-4-2-1-3-5-24)42-11-13-43(14-12-42)30-6-9-44(22-30)49-32-17-25(8-15-46)23-48-32/h1-5,17-20,23,29-31,46H,6-16,21-22H2. The normalized spacial score (nSPS) is 23.3. The fourth-order valence-corrected chi connectivity index (χ4v) is 9.51. The number of nitrogens with zero attached hydrogens (tertiary/aromatic N) is 4. The summed E-state index contributed by atoms with van der Waals surface area (Å²) in [6.07, 6.45) is -6.67. The number of alkyl halides is 6. The molecule has 0 aliphatic carbocycles. The van der Waals surface area contributed by atoms with E-state index in [1.807, 2.05) is 30.3 Å². The van der Waals surface area contributed by atoms with Crippen molar-refractivity contribution in [1.82, 2.24) is 19.0 Å². The fourth-order valence-electron chi connectivity index (χ4n) is 7.30. The molecular weight excluding hydrogens is 687 g/mol. The third kappa shape index (κ3) is 9.01. The van der Waals surface area contributed by atoms with Gasteiger partial charge in [-0.2, -0.15) is 26.3 Å². The Morgan fingerprint density at radius 1 is 0.816 bits per heavy atom. The number of benzene rings is 2. The van der Waals surface area contributed by atoms with Gasteiger partial charge in [0.25, 0.3) is 5.91 Å². The maximum absolute atomic E-state index is 13.8. The zero-order valence-corrected chi connectivity index (χ0v) is 28.6. The van der Waals surface area contributed by atoms with Gasteiger partial charge >= 0.3 is 12.4 Å². The highest BCUT2D eigenvalue weighted by Gasteiger charge is 2.41. The van der Waals surface area contributed by atoms with Gasteiger partial charge in [-0.15, -0.1) is 11.3 Å². The molecule has 3 atom stereocenters. The van der Waals surface area contributed by atoms with Gasteiger partial charge in [-0.05, 0) is 84.8 Å². The Hall–Kier alpha value is -2.62. The number of carbonyl (C=O) groups is 1. The molecule has 0 saturated carbocycles. The van der Waals surface area contributed by atoms with Crippen LogP contribution < -0.4 is 0 Å². The summed E-state index contributed by atoms with van der Waals surface area (Å²) in [6.45, 7) is 5.92. The van der Waals surface area contributed by atoms with Crippen molar-refractivity contribution in [3.63, 3.8) is 0 Å². The number of carbonyl (C=O) groups excluding carboxylic acids is 1. The molecule has 3 unspecified atom stereocenters. The molecule has 1 N–H and O–H groups in total. The zero-order chi connectivity index (χ0) is 34.8. The van der Waals surface area contributed by atoms with Crippen LogP contribution in [0.25, 0.3) is 0 Å². The Kier molecular flexibility index (Phi) is 11.3. The second-order valence-corrected chi connectivity index (χ2v) is 15.4. The van der Waals surface area contributed by atoms with Gasteiger partial charge < -0.3 is 10.0 Å². The minimum Gasteiger partial charge on any atom is -0.396 e. The van der Waals surface area contributed by atoms with E-state index in [-0.39, 0.29) is 31.3 Å². The Balaban J connectivity index is 1.10. The van der Waals surface area contributed by atoms with Crippen molar-refractivity contribution in [2.75, 3.05) is 52.4 Å². The molecule has 14 heteroatoms. The van der Waals surface area contributed by atoms with Gasteiger partial charge in [0.2, 0.25) is 0 Å². The molecule has 0 radical (unpaired) electrons. The molecular formula is C35H40F6N4O2S2. The quantitative estimate of drug-likeness (QED) is 0.191. The molecule has 3 aromatic rings. The first kappa shape index (κ1) is 36.2. The van der Waals surface area contributed by atoms with Crippen molar-refractivity contribution >= 4 is 29.2 Å². The molecule has 49 heavy (non-hydrogen) atoms. The van der Waals surface area contributed by atoms with Gasteiger partial charge in [0.15, 0.2) is 0 Å². The van der Waals surface area contributed by atoms with E-state index in [1.54, 1.807) is 23.3 Å². The lowest BCUT2D eigenvalue weighted by atomic mass is 9.90. The van der Waals surface area contributed by atoms with Crippen LogP contribution in [0.1, 0.15) is 51.9 Å². The number of aliphatic hydroxyl groups excluding tert-OH is 1. The minimum atomic E-state index is -5.03. The lowest BCUT2D eigenvalue weighted by Gasteiger charge is -2.47. The molecule has 266 valence electrons. The highest BCUT2D eigenvalue weighted by atomic mass is 32.2. The molecule has 1 aromatic heterocycles. The summed E-state index contributed by atoms with van der Waals surface area (Å²) < 4.78 is 85.3. The summed E-state index contributed by atoms with van der Waals surface area (Å²) in [7, 11) is 0. The smallest absolute Gasteiger partial charge is 0.396 e. The van der Waals surface area contributed by atoms with Crippen LogP contribution in [0.5, 0.6) is 0 Å². The molecule has 6 rings (SSSR count). The van der Waals surface area contributed by atoms with Crippen LogP contribution in [0.2, 0.25) is 0 Å². The van der Waals surface area contributed by atoms with Crippen molar-refractivity contribution in [3.05, 3.63) is 87.8 Å². The second kappa shape index (κ2) is 15.3. The molecule has 2 aromatic carbocycles. The molecule has 0 spiro atoms. The van der Waals surface area contributed by atoms with E-state index in [0.29, 0.717) is 43.9 Å². The number of rotatable bonds is 9. The first-order valence-electron chi connectivity index (χ1n) is 16.6. The molecule has 3 saturated heterocycles. The SMILES string of the molecule is O=C(c1cc(C(F)(F)F)cc(C(F)(F)F)c1)N1CCC(N2CCN(C3CCN(Sc4cc(CCO)cs4)C3)CC2)CC1Cc1ccccc1. The Labute approximate surface area is 290 Å². The summed E-state index contributed by atoms with van der Waals surface area (Å²) in [5.74, 6) is -0.809. The van der Waals surface area contributed by atoms with Crippen LogP contribution in [0.4, 0.5) is 26.3 Å². The molecule has 3 fully saturated rings. The van der Waals surface area contributed by atoms with Crippen LogP contribution in [-0.2, 0) is 25.2 Å². The van der Waals surface area contributed by atoms with Crippen LogP contribution in [0.15, 0.2) is 64.2 Å². The maximum atomic E-state index is 13.8. The van der Waals surface area contributed by atoms with Gasteiger partial charge in [0, 0.05) is 76.1 Å². The van der Waals surface area contributed by atoms with E-state index in [2.05, 4.69) is 25.6 Å². The highest BCUT2D eigenvalue weighted by molar-refractivity contribution is 7.98. The Bertz CT molecular complexity index is 1530. The van der Waals surface area contributed by atoms with E-state index >= 15 is 0 Å². The average Bonchev–Trinajstić information content (AvgIpc) is 3.74. The van der Waals surface area contributed by atoms with Gasteiger partial charge in [-0.25, -0.2) is 4.31 Å². The van der Waals surface area contributed by atoms with Crippen LogP contribution in [0, 0.1) is 0 Å². The molecule has 0 bridgehead atoms. The van der Waals surface area contributed by atoms with Crippen LogP contribution >= 0.6 is 23.3 Å². The minimum absolute atomic E-state index is 0.0607. The summed E-state index contributed by atoms with van der Waals surface area (Å²) >= 11 is 3.49. The van der Waals surface area contributed by atoms with Gasteiger partial charge in [0.1, 0.15) is 0 Å². The number of likely N-dealkylation sites (tertiary alicyclic amines) is 1. The van der Waals surface area contributed by atoms with Gasteiger partial charge in [-0.3, -0.25) is 14.6 Å². The molecule has 4 heterocycles. The summed E-state index contributed by atoms with van der Waals surface area (Å²) in [5.41, 5.74) is -1.46. The number of hydrogen-bond acceptors (Lipinski definition) is 7. The summed E-state index contributed by atoms with van der Waals surface area (Å²) in [5, 5.41) is 11.3. The van der Waals surface area contributed by atoms with Crippen molar-refractivity contribution in [1.29, 1.82) is 0 Å². The average molecular weight is 727 g/mol. The molecule has 6 nitrogen and oxygen atoms in total. The van der Waals surface area contributed by atoms with E-state index in [4.69, 9.17) is 0 Å². The molecule has 3 aliphatic rings. The molecule has 3 aliphatic heterocycles. The highest BCUT2D eigenvalue weighted by Crippen LogP contribution is 2.38. The number of piperidine rings is 1. The van der Waals surface area contributed by atoms with Gasteiger partial charge in [-0.1, -0.05) is 30.3 Å². The largest absolute Gasteiger partial charge is 0.416 e. The predicted octanol–water partition coefficient (Wildman–Crippen LogP) is 6.94. The number of halogens is 6. The number of aliphatic hydroxyl groups is 1. The first-order valence-corrected chi connectivity index (χ1v) is 18.3. The lowest BCUT2D eigenvalue weighted by molar-refractivity contribution is -0.143. The number of thiophene rings is 1. The van der Waals surface area contributed by atoms with Crippen molar-refractivity contribution in [2.24, 2.45) is 0 Å². The lowest BCUT2D eigenvalue weighted by Crippen LogP contribution is -2.58. The van der Waals surface area contributed by atoms with Gasteiger partial charge in [0.05, 0.1) is 15.3 Å². The monoisotopic (exact) mass is 726 g/mol. The summed E-state index contributed by atoms with van der Waals surface area (Å²) in [6, 6.07) is 13.0. The van der Waals surface area contributed by atoms with E-state index in [1.165, 1.54) is 9.11 Å². The summed E-state index contributed by atoms with van der Waals surface area (Å²) in [4.78, 5) is 20.2. The third-order valence-corrected chi connectivity index (χ3v) is 12.0. The van der Waals surface area contributed by atoms with E-state index in [0.717, 1.165) is 56.8 Å². The zero-order valence-electron chi connectivity index (χ0n) is 26.9. The fraction of sp³-hybridized carbons (Fsp3) is 0.514. The van der Waals surface area contributed by atoms with Crippen molar-refractivity contribution < 1.29 is 36.2 Å². The van der Waals surface area contributed by atoms with Crippen LogP contribution in [0.3, 0.4) is 0 Å². The van der Waals surface area contributed by atoms with E-state index in [9.17, 15) is 36.2 Å². The van der Waals surface area contributed by atoms with Crippen molar-refractivity contribution in [3.8, 4) is 0 Å².